The summed E-state index contributed by atoms with van der Waals surface area (Å²) in [6.07, 6.45) is 1.65. The van der Waals surface area contributed by atoms with Crippen LogP contribution in [0.4, 0.5) is 0 Å². The van der Waals surface area contributed by atoms with Crippen LogP contribution in [0.2, 0.25) is 0 Å². The normalized spacial score (nSPS) is 14.5. The summed E-state index contributed by atoms with van der Waals surface area (Å²) in [4.78, 5) is 44.6. The molecular formula is C34H34N2O8S. The van der Waals surface area contributed by atoms with E-state index in [1.807, 2.05) is 26.0 Å². The van der Waals surface area contributed by atoms with Crippen LogP contribution in [0.25, 0.3) is 17.4 Å². The Morgan fingerprint density at radius 2 is 1.64 bits per heavy atom. The highest BCUT2D eigenvalue weighted by Gasteiger charge is 2.34. The summed E-state index contributed by atoms with van der Waals surface area (Å²) in [5.41, 5.74) is 2.14. The number of hydrogen-bond donors (Lipinski definition) is 0. The molecule has 0 radical (unpaired) electrons. The molecular weight excluding hydrogens is 596 g/mol. The number of allylic oxidation sites excluding steroid dienone is 1. The number of esters is 2. The standard InChI is InChI=1S/C34H34N2O8S/c1-6-40-26-15-13-22(18-27(26)41-7-2)30-29(33(39)43-9-4)20(5)35-34-36(30)31(37)28(45-34)19-24-14-16-25(44-24)21-11-10-12-23(17-21)32(38)42-8-3/h10-19,30H,6-9H2,1-5H3/b28-19-/t30-/m0/s1. The van der Waals surface area contributed by atoms with E-state index in [0.717, 1.165) is 0 Å². The molecule has 1 aliphatic rings. The summed E-state index contributed by atoms with van der Waals surface area (Å²) in [6.45, 7) is 10.3. The van der Waals surface area contributed by atoms with Gasteiger partial charge in [0.2, 0.25) is 0 Å². The van der Waals surface area contributed by atoms with Gasteiger partial charge >= 0.3 is 11.9 Å². The Bertz CT molecular complexity index is 1950. The largest absolute Gasteiger partial charge is 0.490 e. The maximum absolute atomic E-state index is 14.0. The van der Waals surface area contributed by atoms with Crippen LogP contribution in [-0.4, -0.2) is 42.9 Å². The molecule has 0 aliphatic carbocycles. The van der Waals surface area contributed by atoms with Crippen LogP contribution in [-0.2, 0) is 14.3 Å². The summed E-state index contributed by atoms with van der Waals surface area (Å²) in [5.74, 6) is 1.07. The minimum atomic E-state index is -0.810. The van der Waals surface area contributed by atoms with Crippen molar-refractivity contribution in [3.05, 3.63) is 102 Å². The van der Waals surface area contributed by atoms with Crippen LogP contribution in [0.3, 0.4) is 0 Å². The van der Waals surface area contributed by atoms with Crippen LogP contribution in [0.1, 0.15) is 62.3 Å². The van der Waals surface area contributed by atoms with Crippen molar-refractivity contribution < 1.29 is 33.0 Å². The monoisotopic (exact) mass is 630 g/mol. The summed E-state index contributed by atoms with van der Waals surface area (Å²) >= 11 is 1.19. The molecule has 45 heavy (non-hydrogen) atoms. The van der Waals surface area contributed by atoms with Crippen molar-refractivity contribution in [3.8, 4) is 22.8 Å². The first kappa shape index (κ1) is 31.5. The number of benzene rings is 2. The molecule has 0 saturated heterocycles. The number of furan rings is 1. The highest BCUT2D eigenvalue weighted by molar-refractivity contribution is 7.07. The van der Waals surface area contributed by atoms with Gasteiger partial charge in [-0.2, -0.15) is 0 Å². The third-order valence-corrected chi connectivity index (χ3v) is 7.94. The van der Waals surface area contributed by atoms with Gasteiger partial charge in [0.05, 0.1) is 53.8 Å². The molecule has 1 aliphatic heterocycles. The second kappa shape index (κ2) is 13.8. The van der Waals surface area contributed by atoms with Crippen molar-refractivity contribution in [2.45, 2.75) is 40.7 Å². The Morgan fingerprint density at radius 3 is 2.38 bits per heavy atom. The summed E-state index contributed by atoms with van der Waals surface area (Å²) in [6, 6.07) is 15.0. The van der Waals surface area contributed by atoms with Gasteiger partial charge in [-0.3, -0.25) is 9.36 Å². The van der Waals surface area contributed by atoms with E-state index in [9.17, 15) is 14.4 Å². The Morgan fingerprint density at radius 1 is 0.911 bits per heavy atom. The van der Waals surface area contributed by atoms with E-state index in [1.54, 1.807) is 69.3 Å². The van der Waals surface area contributed by atoms with Crippen LogP contribution in [0.5, 0.6) is 11.5 Å². The predicted octanol–water partition coefficient (Wildman–Crippen LogP) is 5.03. The fourth-order valence-corrected chi connectivity index (χ4v) is 6.10. The smallest absolute Gasteiger partial charge is 0.338 e. The minimum absolute atomic E-state index is 0.170. The zero-order valence-electron chi connectivity index (χ0n) is 25.7. The van der Waals surface area contributed by atoms with Crippen LogP contribution < -0.4 is 24.4 Å². The Kier molecular flexibility index (Phi) is 9.68. The number of fused-ring (bicyclic) bond motifs is 1. The molecule has 0 bridgehead atoms. The number of hydrogen-bond acceptors (Lipinski definition) is 10. The highest BCUT2D eigenvalue weighted by Crippen LogP contribution is 2.36. The van der Waals surface area contributed by atoms with Crippen LogP contribution in [0, 0.1) is 0 Å². The van der Waals surface area contributed by atoms with E-state index in [0.29, 0.717) is 68.0 Å². The zero-order valence-corrected chi connectivity index (χ0v) is 26.6. The fourth-order valence-electron chi connectivity index (χ4n) is 5.07. The number of aromatic nitrogens is 1. The number of nitrogens with zero attached hydrogens (tertiary/aromatic N) is 2. The van der Waals surface area contributed by atoms with Crippen molar-refractivity contribution in [3.63, 3.8) is 0 Å². The van der Waals surface area contributed by atoms with Crippen molar-refractivity contribution in [1.82, 2.24) is 4.57 Å². The van der Waals surface area contributed by atoms with Gasteiger partial charge in [0.15, 0.2) is 16.3 Å². The maximum atomic E-state index is 14.0. The first-order valence-electron chi connectivity index (χ1n) is 14.8. The third kappa shape index (κ3) is 6.48. The van der Waals surface area contributed by atoms with Gasteiger partial charge < -0.3 is 23.4 Å². The Labute approximate surface area is 263 Å². The molecule has 0 amide bonds. The van der Waals surface area contributed by atoms with E-state index in [-0.39, 0.29) is 24.3 Å². The Balaban J connectivity index is 1.60. The number of ether oxygens (including phenoxy) is 4. The van der Waals surface area contributed by atoms with Crippen molar-refractivity contribution in [2.24, 2.45) is 4.99 Å². The molecule has 0 unspecified atom stereocenters. The van der Waals surface area contributed by atoms with Gasteiger partial charge in [0.1, 0.15) is 11.5 Å². The van der Waals surface area contributed by atoms with E-state index >= 15 is 0 Å². The average molecular weight is 631 g/mol. The fraction of sp³-hybridized carbons (Fsp3) is 0.294. The number of thiazole rings is 1. The van der Waals surface area contributed by atoms with E-state index in [1.165, 1.54) is 15.9 Å². The van der Waals surface area contributed by atoms with Crippen molar-refractivity contribution >= 4 is 29.4 Å². The molecule has 5 rings (SSSR count). The first-order valence-corrected chi connectivity index (χ1v) is 15.6. The summed E-state index contributed by atoms with van der Waals surface area (Å²) in [5, 5.41) is 0. The van der Waals surface area contributed by atoms with Crippen LogP contribution in [0.15, 0.2) is 80.1 Å². The van der Waals surface area contributed by atoms with E-state index in [2.05, 4.69) is 4.99 Å². The lowest BCUT2D eigenvalue weighted by Gasteiger charge is -2.25. The molecule has 0 spiro atoms. The molecule has 1 atom stereocenters. The zero-order chi connectivity index (χ0) is 32.1. The molecule has 0 fully saturated rings. The van der Waals surface area contributed by atoms with E-state index < -0.39 is 18.0 Å². The van der Waals surface area contributed by atoms with E-state index in [4.69, 9.17) is 23.4 Å². The lowest BCUT2D eigenvalue weighted by atomic mass is 9.95. The lowest BCUT2D eigenvalue weighted by Crippen LogP contribution is -2.40. The molecule has 4 aromatic rings. The second-order valence-electron chi connectivity index (χ2n) is 9.88. The maximum Gasteiger partial charge on any atom is 0.338 e. The second-order valence-corrected chi connectivity index (χ2v) is 10.9. The van der Waals surface area contributed by atoms with Gasteiger partial charge in [-0.25, -0.2) is 14.6 Å². The molecule has 0 N–H and O–H groups in total. The highest BCUT2D eigenvalue weighted by atomic mass is 32.1. The lowest BCUT2D eigenvalue weighted by molar-refractivity contribution is -0.139. The number of carbonyl (C=O) groups is 2. The minimum Gasteiger partial charge on any atom is -0.490 e. The molecule has 3 heterocycles. The number of rotatable bonds is 11. The first-order chi connectivity index (χ1) is 21.8. The quantitative estimate of drug-likeness (QED) is 0.212. The third-order valence-electron chi connectivity index (χ3n) is 6.96. The van der Waals surface area contributed by atoms with Gasteiger partial charge in [-0.05, 0) is 76.6 Å². The van der Waals surface area contributed by atoms with Gasteiger partial charge in [-0.15, -0.1) is 0 Å². The van der Waals surface area contributed by atoms with Gasteiger partial charge in [-0.1, -0.05) is 29.5 Å². The molecule has 234 valence electrons. The topological polar surface area (TPSA) is 119 Å². The Hall–Kier alpha value is -4.90. The molecule has 2 aromatic heterocycles. The van der Waals surface area contributed by atoms with Crippen LogP contribution >= 0.6 is 11.3 Å². The SMILES string of the molecule is CCOC(=O)C1=C(C)N=c2s/c(=C\c3ccc(-c4cccc(C(=O)OCC)c4)o3)c(=O)n2[C@H]1c1ccc(OCC)c(OCC)c1. The summed E-state index contributed by atoms with van der Waals surface area (Å²) in [7, 11) is 0. The number of carbonyl (C=O) groups excluding carboxylic acids is 2. The molecule has 0 saturated carbocycles. The summed E-state index contributed by atoms with van der Waals surface area (Å²) < 4.78 is 30.1. The average Bonchev–Trinajstić information content (AvgIpc) is 3.62. The molecule has 11 heteroatoms. The molecule has 2 aromatic carbocycles. The molecule has 10 nitrogen and oxygen atoms in total. The van der Waals surface area contributed by atoms with Crippen molar-refractivity contribution in [1.29, 1.82) is 0 Å². The van der Waals surface area contributed by atoms with Gasteiger partial charge in [0, 0.05) is 11.6 Å². The predicted molar refractivity (Wildman–Crippen MR) is 169 cm³/mol. The van der Waals surface area contributed by atoms with Gasteiger partial charge in [0.25, 0.3) is 5.56 Å². The van der Waals surface area contributed by atoms with Crippen molar-refractivity contribution in [2.75, 3.05) is 26.4 Å².